The van der Waals surface area contributed by atoms with Crippen LogP contribution in [0.2, 0.25) is 0 Å². The Bertz CT molecular complexity index is 626. The van der Waals surface area contributed by atoms with E-state index >= 15 is 0 Å². The van der Waals surface area contributed by atoms with Crippen LogP contribution >= 0.6 is 0 Å². The Morgan fingerprint density at radius 3 is 2.32 bits per heavy atom. The number of aliphatic hydroxyl groups excluding tert-OH is 1. The van der Waals surface area contributed by atoms with E-state index in [0.717, 1.165) is 50.8 Å². The zero-order chi connectivity index (χ0) is 21.9. The second kappa shape index (κ2) is 13.3. The molecule has 1 aromatic carbocycles. The van der Waals surface area contributed by atoms with Crippen LogP contribution in [0.3, 0.4) is 0 Å². The van der Waals surface area contributed by atoms with Crippen LogP contribution in [0, 0.1) is 5.92 Å². The maximum atomic E-state index is 10.6. The zero-order valence-electron chi connectivity index (χ0n) is 19.6. The molecule has 6 heteroatoms. The number of methoxy groups -OCH3 is 2. The predicted octanol–water partition coefficient (Wildman–Crippen LogP) is 3.56. The van der Waals surface area contributed by atoms with Crippen LogP contribution in [-0.2, 0) is 11.3 Å². The monoisotopic (exact) mass is 434 g/mol. The van der Waals surface area contributed by atoms with Gasteiger partial charge in [-0.2, -0.15) is 0 Å². The minimum atomic E-state index is -0.493. The molecular weight excluding hydrogens is 392 g/mol. The Morgan fingerprint density at radius 1 is 0.935 bits per heavy atom. The number of aliphatic hydroxyl groups is 1. The van der Waals surface area contributed by atoms with Gasteiger partial charge in [-0.25, -0.2) is 0 Å². The molecule has 0 saturated carbocycles. The summed E-state index contributed by atoms with van der Waals surface area (Å²) in [5.74, 6) is 2.13. The van der Waals surface area contributed by atoms with Crippen molar-refractivity contribution in [2.24, 2.45) is 5.92 Å². The van der Waals surface area contributed by atoms with E-state index < -0.39 is 6.10 Å². The Kier molecular flexibility index (Phi) is 10.4. The van der Waals surface area contributed by atoms with Gasteiger partial charge in [-0.15, -0.1) is 0 Å². The number of benzene rings is 1. The van der Waals surface area contributed by atoms with Gasteiger partial charge in [-0.1, -0.05) is 25.3 Å². The number of likely N-dealkylation sites (tertiary alicyclic amines) is 2. The van der Waals surface area contributed by atoms with Crippen molar-refractivity contribution in [3.8, 4) is 11.5 Å². The molecule has 0 unspecified atom stereocenters. The minimum absolute atomic E-state index is 0.290. The zero-order valence-corrected chi connectivity index (χ0v) is 19.6. The Morgan fingerprint density at radius 2 is 1.65 bits per heavy atom. The molecule has 2 aliphatic heterocycles. The molecule has 3 rings (SSSR count). The quantitative estimate of drug-likeness (QED) is 0.608. The van der Waals surface area contributed by atoms with Crippen molar-refractivity contribution < 1.29 is 19.3 Å². The first-order valence-corrected chi connectivity index (χ1v) is 12.1. The van der Waals surface area contributed by atoms with Gasteiger partial charge in [-0.05, 0) is 75.5 Å². The second-order valence-corrected chi connectivity index (χ2v) is 9.19. The summed E-state index contributed by atoms with van der Waals surface area (Å²) >= 11 is 0. The molecule has 0 bridgehead atoms. The summed E-state index contributed by atoms with van der Waals surface area (Å²) in [5, 5.41) is 10.6. The van der Waals surface area contributed by atoms with E-state index in [1.54, 1.807) is 14.2 Å². The van der Waals surface area contributed by atoms with Gasteiger partial charge in [0.05, 0.1) is 7.11 Å². The first-order chi connectivity index (χ1) is 15.2. The van der Waals surface area contributed by atoms with Crippen LogP contribution in [0.1, 0.15) is 50.5 Å². The lowest BCUT2D eigenvalue weighted by molar-refractivity contribution is 0.0644. The van der Waals surface area contributed by atoms with E-state index in [1.165, 1.54) is 50.5 Å². The lowest BCUT2D eigenvalue weighted by Crippen LogP contribution is -2.37. The van der Waals surface area contributed by atoms with Crippen LogP contribution in [0.15, 0.2) is 18.2 Å². The minimum Gasteiger partial charge on any atom is -0.493 e. The molecule has 1 aromatic rings. The van der Waals surface area contributed by atoms with E-state index in [4.69, 9.17) is 14.2 Å². The molecule has 0 spiro atoms. The highest BCUT2D eigenvalue weighted by atomic mass is 16.5. The third kappa shape index (κ3) is 8.26. The maximum absolute atomic E-state index is 10.6. The molecule has 2 aliphatic rings. The Hall–Kier alpha value is -1.34. The lowest BCUT2D eigenvalue weighted by Gasteiger charge is -2.31. The van der Waals surface area contributed by atoms with Crippen molar-refractivity contribution in [1.29, 1.82) is 0 Å². The summed E-state index contributed by atoms with van der Waals surface area (Å²) in [6.07, 6.45) is 8.30. The molecule has 1 N–H and O–H groups in total. The van der Waals surface area contributed by atoms with Crippen molar-refractivity contribution in [2.45, 2.75) is 57.6 Å². The molecule has 0 amide bonds. The van der Waals surface area contributed by atoms with Gasteiger partial charge in [0.25, 0.3) is 0 Å². The Labute approximate surface area is 188 Å². The molecule has 2 heterocycles. The molecule has 2 fully saturated rings. The van der Waals surface area contributed by atoms with Gasteiger partial charge in [0.15, 0.2) is 11.5 Å². The van der Waals surface area contributed by atoms with E-state index in [0.29, 0.717) is 19.1 Å². The summed E-state index contributed by atoms with van der Waals surface area (Å²) in [4.78, 5) is 4.88. The highest BCUT2D eigenvalue weighted by molar-refractivity contribution is 5.43. The standard InChI is InChI=1S/C25H42N2O4/c1-29-19-21-10-14-27(15-11-21)17-22-8-9-24(30-2)25(16-22)31-20-23(28)18-26-12-6-4-3-5-7-13-26/h8-9,16,21,23,28H,3-7,10-15,17-20H2,1-2H3/t23-/m1/s1. The van der Waals surface area contributed by atoms with Crippen molar-refractivity contribution >= 4 is 0 Å². The summed E-state index contributed by atoms with van der Waals surface area (Å²) in [6.45, 7) is 7.12. The van der Waals surface area contributed by atoms with Crippen molar-refractivity contribution in [3.05, 3.63) is 23.8 Å². The number of β-amino-alcohol motifs (C(OH)–C–C–N with tert-alkyl or cyclic N) is 1. The highest BCUT2D eigenvalue weighted by Gasteiger charge is 2.20. The fraction of sp³-hybridized carbons (Fsp3) is 0.760. The largest absolute Gasteiger partial charge is 0.493 e. The average molecular weight is 435 g/mol. The first-order valence-electron chi connectivity index (χ1n) is 12.1. The van der Waals surface area contributed by atoms with Crippen LogP contribution in [0.5, 0.6) is 11.5 Å². The van der Waals surface area contributed by atoms with E-state index in [-0.39, 0.29) is 0 Å². The average Bonchev–Trinajstić information content (AvgIpc) is 2.76. The van der Waals surface area contributed by atoms with Gasteiger partial charge in [0.2, 0.25) is 0 Å². The molecule has 6 nitrogen and oxygen atoms in total. The molecule has 31 heavy (non-hydrogen) atoms. The van der Waals surface area contributed by atoms with Crippen LogP contribution < -0.4 is 9.47 Å². The topological polar surface area (TPSA) is 54.4 Å². The number of piperidine rings is 1. The van der Waals surface area contributed by atoms with Gasteiger partial charge in [-0.3, -0.25) is 4.90 Å². The predicted molar refractivity (Wildman–Crippen MR) is 124 cm³/mol. The number of rotatable bonds is 10. The molecule has 0 aliphatic carbocycles. The van der Waals surface area contributed by atoms with Crippen molar-refractivity contribution in [1.82, 2.24) is 9.80 Å². The van der Waals surface area contributed by atoms with Gasteiger partial charge in [0.1, 0.15) is 12.7 Å². The van der Waals surface area contributed by atoms with E-state index in [1.807, 2.05) is 6.07 Å². The molecule has 2 saturated heterocycles. The third-order valence-corrected chi connectivity index (χ3v) is 6.59. The smallest absolute Gasteiger partial charge is 0.161 e. The highest BCUT2D eigenvalue weighted by Crippen LogP contribution is 2.29. The number of nitrogens with zero attached hydrogens (tertiary/aromatic N) is 2. The van der Waals surface area contributed by atoms with Crippen LogP contribution in [0.4, 0.5) is 0 Å². The van der Waals surface area contributed by atoms with Gasteiger partial charge < -0.3 is 24.2 Å². The molecule has 0 aromatic heterocycles. The summed E-state index contributed by atoms with van der Waals surface area (Å²) in [6, 6.07) is 6.17. The fourth-order valence-electron chi connectivity index (χ4n) is 4.77. The SMILES string of the molecule is COCC1CCN(Cc2ccc(OC)c(OC[C@H](O)CN3CCCCCCC3)c2)CC1. The van der Waals surface area contributed by atoms with Gasteiger partial charge in [0, 0.05) is 26.8 Å². The summed E-state index contributed by atoms with van der Waals surface area (Å²) < 4.78 is 16.8. The summed E-state index contributed by atoms with van der Waals surface area (Å²) in [5.41, 5.74) is 1.22. The van der Waals surface area contributed by atoms with Gasteiger partial charge >= 0.3 is 0 Å². The Balaban J connectivity index is 1.49. The molecule has 1 atom stereocenters. The fourth-order valence-corrected chi connectivity index (χ4v) is 4.77. The van der Waals surface area contributed by atoms with Crippen molar-refractivity contribution in [2.75, 3.05) is 60.2 Å². The van der Waals surface area contributed by atoms with E-state index in [2.05, 4.69) is 21.9 Å². The number of ether oxygens (including phenoxy) is 3. The second-order valence-electron chi connectivity index (χ2n) is 9.19. The first kappa shape index (κ1) is 24.3. The maximum Gasteiger partial charge on any atom is 0.161 e. The summed E-state index contributed by atoms with van der Waals surface area (Å²) in [7, 11) is 3.45. The van der Waals surface area contributed by atoms with Crippen LogP contribution in [-0.4, -0.2) is 81.2 Å². The number of hydrogen-bond donors (Lipinski definition) is 1. The normalized spacial score (nSPS) is 20.7. The third-order valence-electron chi connectivity index (χ3n) is 6.59. The number of hydrogen-bond acceptors (Lipinski definition) is 6. The lowest BCUT2D eigenvalue weighted by atomic mass is 9.97. The molecule has 0 radical (unpaired) electrons. The van der Waals surface area contributed by atoms with Crippen molar-refractivity contribution in [3.63, 3.8) is 0 Å². The molecule has 176 valence electrons. The molecular formula is C25H42N2O4. The van der Waals surface area contributed by atoms with E-state index in [9.17, 15) is 5.11 Å². The van der Waals surface area contributed by atoms with Crippen LogP contribution in [0.25, 0.3) is 0 Å².